The van der Waals surface area contributed by atoms with Gasteiger partial charge in [0.25, 0.3) is 11.7 Å². The largest absolute Gasteiger partial charge is 0.507 e. The lowest BCUT2D eigenvalue weighted by molar-refractivity contribution is -0.139. The number of carbonyl (C=O) groups is 2. The van der Waals surface area contributed by atoms with Gasteiger partial charge >= 0.3 is 0 Å². The molecule has 0 spiro atoms. The van der Waals surface area contributed by atoms with Crippen molar-refractivity contribution in [3.05, 3.63) is 101 Å². The van der Waals surface area contributed by atoms with Crippen molar-refractivity contribution in [2.45, 2.75) is 24.0 Å². The summed E-state index contributed by atoms with van der Waals surface area (Å²) in [7, 11) is 2.88. The van der Waals surface area contributed by atoms with Crippen molar-refractivity contribution in [1.82, 2.24) is 14.1 Å². The van der Waals surface area contributed by atoms with E-state index in [-0.39, 0.29) is 16.0 Å². The minimum absolute atomic E-state index is 0.0387. The van der Waals surface area contributed by atoms with Gasteiger partial charge < -0.3 is 19.6 Å². The summed E-state index contributed by atoms with van der Waals surface area (Å²) in [6.07, 6.45) is 0.616. The van der Waals surface area contributed by atoms with Crippen LogP contribution in [0.15, 0.2) is 89.3 Å². The Morgan fingerprint density at radius 1 is 0.927 bits per heavy atom. The summed E-state index contributed by atoms with van der Waals surface area (Å²) in [5.41, 5.74) is 1.69. The van der Waals surface area contributed by atoms with Crippen LogP contribution in [0.4, 0.5) is 0 Å². The zero-order chi connectivity index (χ0) is 29.7. The molecule has 1 heterocycles. The molecule has 1 unspecified atom stereocenters. The van der Waals surface area contributed by atoms with Gasteiger partial charge in [0.15, 0.2) is 0 Å². The number of ketones is 1. The average Bonchev–Trinajstić information content (AvgIpc) is 3.21. The Labute approximate surface area is 241 Å². The SMILES string of the molecule is CN(C)CCCN1C(=O)C(=O)/C(=C(/O)c2cccc(S(=O)(=O)N(C)C)c2)C1c1ccc(OCc2ccccc2)cc1. The number of aliphatic hydroxyl groups excluding tert-OH is 1. The number of benzene rings is 3. The van der Waals surface area contributed by atoms with E-state index >= 15 is 0 Å². The van der Waals surface area contributed by atoms with E-state index < -0.39 is 33.5 Å². The van der Waals surface area contributed by atoms with Crippen LogP contribution in [0.2, 0.25) is 0 Å². The Balaban J connectivity index is 1.72. The number of sulfonamides is 1. The van der Waals surface area contributed by atoms with Gasteiger partial charge in [-0.15, -0.1) is 0 Å². The molecule has 1 N–H and O–H groups in total. The lowest BCUT2D eigenvalue weighted by Crippen LogP contribution is -2.32. The molecule has 1 aliphatic heterocycles. The predicted molar refractivity (Wildman–Crippen MR) is 157 cm³/mol. The zero-order valence-electron chi connectivity index (χ0n) is 23.6. The van der Waals surface area contributed by atoms with E-state index in [0.717, 1.165) is 9.87 Å². The van der Waals surface area contributed by atoms with Crippen LogP contribution in [0, 0.1) is 0 Å². The molecular formula is C31H35N3O6S. The number of hydrogen-bond donors (Lipinski definition) is 1. The Kier molecular flexibility index (Phi) is 9.27. The smallest absolute Gasteiger partial charge is 0.295 e. The summed E-state index contributed by atoms with van der Waals surface area (Å²) >= 11 is 0. The highest BCUT2D eigenvalue weighted by atomic mass is 32.2. The molecule has 1 atom stereocenters. The van der Waals surface area contributed by atoms with Crippen LogP contribution in [0.3, 0.4) is 0 Å². The van der Waals surface area contributed by atoms with Crippen LogP contribution >= 0.6 is 0 Å². The molecule has 3 aromatic carbocycles. The first-order valence-corrected chi connectivity index (χ1v) is 14.7. The number of ether oxygens (including phenoxy) is 1. The second kappa shape index (κ2) is 12.7. The Morgan fingerprint density at radius 2 is 1.61 bits per heavy atom. The lowest BCUT2D eigenvalue weighted by Gasteiger charge is -2.26. The van der Waals surface area contributed by atoms with Gasteiger partial charge in [-0.1, -0.05) is 54.6 Å². The molecule has 1 aliphatic rings. The summed E-state index contributed by atoms with van der Waals surface area (Å²) < 4.78 is 32.4. The first-order valence-electron chi connectivity index (χ1n) is 13.2. The van der Waals surface area contributed by atoms with Crippen molar-refractivity contribution < 1.29 is 27.9 Å². The third-order valence-electron chi connectivity index (χ3n) is 6.87. The number of carbonyl (C=O) groups excluding carboxylic acids is 2. The van der Waals surface area contributed by atoms with E-state index in [1.54, 1.807) is 24.3 Å². The number of amides is 1. The highest BCUT2D eigenvalue weighted by Gasteiger charge is 2.45. The molecule has 0 aliphatic carbocycles. The van der Waals surface area contributed by atoms with E-state index in [0.29, 0.717) is 37.4 Å². The second-order valence-electron chi connectivity index (χ2n) is 10.3. The summed E-state index contributed by atoms with van der Waals surface area (Å²) in [5.74, 6) is -1.34. The van der Waals surface area contributed by atoms with Gasteiger partial charge in [-0.2, -0.15) is 0 Å². The van der Waals surface area contributed by atoms with E-state index in [2.05, 4.69) is 0 Å². The molecule has 0 saturated carbocycles. The Hall–Kier alpha value is -3.99. The molecule has 10 heteroatoms. The van der Waals surface area contributed by atoms with Gasteiger partial charge in [0.05, 0.1) is 16.5 Å². The van der Waals surface area contributed by atoms with Gasteiger partial charge in [-0.05, 0) is 62.5 Å². The number of nitrogens with zero attached hydrogens (tertiary/aromatic N) is 3. The maximum Gasteiger partial charge on any atom is 0.295 e. The molecule has 1 fully saturated rings. The molecule has 216 valence electrons. The maximum atomic E-state index is 13.4. The minimum atomic E-state index is -3.79. The number of rotatable bonds is 11. The fourth-order valence-electron chi connectivity index (χ4n) is 4.67. The van der Waals surface area contributed by atoms with Crippen LogP contribution in [-0.4, -0.2) is 80.6 Å². The number of hydrogen-bond acceptors (Lipinski definition) is 7. The van der Waals surface area contributed by atoms with Crippen LogP contribution < -0.4 is 4.74 Å². The molecule has 1 saturated heterocycles. The van der Waals surface area contributed by atoms with Crippen molar-refractivity contribution in [2.24, 2.45) is 0 Å². The molecule has 3 aromatic rings. The standard InChI is InChI=1S/C31H35N3O6S/c1-32(2)18-9-19-34-28(23-14-16-25(17-15-23)40-21-22-10-6-5-7-11-22)27(30(36)31(34)37)29(35)24-12-8-13-26(20-24)41(38,39)33(3)4/h5-8,10-17,20,28,35H,9,18-19,21H2,1-4H3/b29-27+. The van der Waals surface area contributed by atoms with Crippen LogP contribution in [-0.2, 0) is 26.2 Å². The summed E-state index contributed by atoms with van der Waals surface area (Å²) in [5, 5.41) is 11.4. The first-order chi connectivity index (χ1) is 19.5. The van der Waals surface area contributed by atoms with Crippen molar-refractivity contribution in [1.29, 1.82) is 0 Å². The van der Waals surface area contributed by atoms with Crippen molar-refractivity contribution >= 4 is 27.5 Å². The van der Waals surface area contributed by atoms with Gasteiger partial charge in [0.2, 0.25) is 10.0 Å². The van der Waals surface area contributed by atoms with Crippen molar-refractivity contribution in [3.63, 3.8) is 0 Å². The van der Waals surface area contributed by atoms with E-state index in [1.165, 1.54) is 43.3 Å². The van der Waals surface area contributed by atoms with Crippen LogP contribution in [0.5, 0.6) is 5.75 Å². The molecular weight excluding hydrogens is 542 g/mol. The van der Waals surface area contributed by atoms with Crippen molar-refractivity contribution in [3.8, 4) is 5.75 Å². The summed E-state index contributed by atoms with van der Waals surface area (Å²) in [6, 6.07) is 21.7. The quantitative estimate of drug-likeness (QED) is 0.209. The second-order valence-corrected chi connectivity index (χ2v) is 12.5. The minimum Gasteiger partial charge on any atom is -0.507 e. The predicted octanol–water partition coefficient (Wildman–Crippen LogP) is 3.89. The number of likely N-dealkylation sites (tertiary alicyclic amines) is 1. The molecule has 0 aromatic heterocycles. The lowest BCUT2D eigenvalue weighted by atomic mass is 9.95. The third-order valence-corrected chi connectivity index (χ3v) is 8.69. The van der Waals surface area contributed by atoms with Gasteiger partial charge in [-0.3, -0.25) is 9.59 Å². The van der Waals surface area contributed by atoms with Gasteiger partial charge in [-0.25, -0.2) is 12.7 Å². The fourth-order valence-corrected chi connectivity index (χ4v) is 5.62. The maximum absolute atomic E-state index is 13.4. The van der Waals surface area contributed by atoms with E-state index in [9.17, 15) is 23.1 Å². The number of Topliss-reactive ketones (excluding diaryl/α,β-unsaturated/α-hetero) is 1. The molecule has 1 amide bonds. The van der Waals surface area contributed by atoms with Gasteiger partial charge in [0, 0.05) is 26.2 Å². The Bertz CT molecular complexity index is 1530. The third kappa shape index (κ3) is 6.67. The van der Waals surface area contributed by atoms with Crippen LogP contribution in [0.1, 0.15) is 29.2 Å². The molecule has 0 radical (unpaired) electrons. The normalized spacial score (nSPS) is 17.0. The first kappa shape index (κ1) is 30.0. The monoisotopic (exact) mass is 577 g/mol. The topological polar surface area (TPSA) is 107 Å². The Morgan fingerprint density at radius 3 is 2.24 bits per heavy atom. The van der Waals surface area contributed by atoms with E-state index in [4.69, 9.17) is 4.74 Å². The highest BCUT2D eigenvalue weighted by Crippen LogP contribution is 2.40. The van der Waals surface area contributed by atoms with Gasteiger partial charge in [0.1, 0.15) is 18.1 Å². The fraction of sp³-hybridized carbons (Fsp3) is 0.290. The average molecular weight is 578 g/mol. The zero-order valence-corrected chi connectivity index (χ0v) is 24.5. The highest BCUT2D eigenvalue weighted by molar-refractivity contribution is 7.89. The summed E-state index contributed by atoms with van der Waals surface area (Å²) in [4.78, 5) is 30.0. The molecule has 0 bridgehead atoms. The number of aliphatic hydroxyl groups is 1. The van der Waals surface area contributed by atoms with E-state index in [1.807, 2.05) is 49.3 Å². The van der Waals surface area contributed by atoms with Crippen LogP contribution in [0.25, 0.3) is 5.76 Å². The van der Waals surface area contributed by atoms with Crippen molar-refractivity contribution in [2.75, 3.05) is 41.3 Å². The molecule has 41 heavy (non-hydrogen) atoms. The summed E-state index contributed by atoms with van der Waals surface area (Å²) in [6.45, 7) is 1.38. The molecule has 9 nitrogen and oxygen atoms in total. The molecule has 4 rings (SSSR count).